The highest BCUT2D eigenvalue weighted by molar-refractivity contribution is 4.97. The van der Waals surface area contributed by atoms with Crippen LogP contribution in [0.4, 0.5) is 0 Å². The Morgan fingerprint density at radius 1 is 1.30 bits per heavy atom. The van der Waals surface area contributed by atoms with Crippen molar-refractivity contribution in [3.05, 3.63) is 18.2 Å². The summed E-state index contributed by atoms with van der Waals surface area (Å²) in [6, 6.07) is 1.58. The second-order valence-electron chi connectivity index (χ2n) is 6.47. The highest BCUT2D eigenvalue weighted by Crippen LogP contribution is 2.25. The van der Waals surface area contributed by atoms with Crippen LogP contribution in [0.3, 0.4) is 0 Å². The molecule has 3 rings (SSSR count). The summed E-state index contributed by atoms with van der Waals surface area (Å²) in [5, 5.41) is 0. The van der Waals surface area contributed by atoms with Crippen LogP contribution in [0.15, 0.2) is 12.4 Å². The minimum Gasteiger partial charge on any atom is -0.334 e. The first-order chi connectivity index (χ1) is 9.78. The third kappa shape index (κ3) is 2.91. The molecule has 0 spiro atoms. The average Bonchev–Trinajstić information content (AvgIpc) is 2.82. The van der Waals surface area contributed by atoms with Gasteiger partial charge in [-0.15, -0.1) is 0 Å². The molecule has 4 nitrogen and oxygen atoms in total. The number of hydrogen-bond donors (Lipinski definition) is 0. The van der Waals surface area contributed by atoms with E-state index >= 15 is 0 Å². The fourth-order valence-electron chi connectivity index (χ4n) is 3.68. The zero-order valence-corrected chi connectivity index (χ0v) is 13.0. The van der Waals surface area contributed by atoms with Crippen LogP contribution in [-0.2, 0) is 13.1 Å². The van der Waals surface area contributed by atoms with E-state index in [4.69, 9.17) is 0 Å². The molecule has 1 aromatic heterocycles. The Kier molecular flexibility index (Phi) is 4.41. The SMILES string of the molecule is CCCn1ccnc1CN1CC(N2CCCC[C@H]2C)C1. The van der Waals surface area contributed by atoms with E-state index in [1.807, 2.05) is 6.20 Å². The molecule has 0 N–H and O–H groups in total. The molecule has 0 bridgehead atoms. The number of imidazole rings is 1. The van der Waals surface area contributed by atoms with E-state index in [-0.39, 0.29) is 0 Å². The van der Waals surface area contributed by atoms with Gasteiger partial charge in [0.05, 0.1) is 6.54 Å². The van der Waals surface area contributed by atoms with Crippen LogP contribution < -0.4 is 0 Å². The number of nitrogens with zero attached hydrogens (tertiary/aromatic N) is 4. The van der Waals surface area contributed by atoms with E-state index in [0.717, 1.165) is 25.2 Å². The summed E-state index contributed by atoms with van der Waals surface area (Å²) in [6.45, 7) is 10.5. The zero-order chi connectivity index (χ0) is 13.9. The maximum atomic E-state index is 4.52. The number of piperidine rings is 1. The van der Waals surface area contributed by atoms with Gasteiger partial charge in [0.15, 0.2) is 0 Å². The molecule has 1 aromatic rings. The minimum absolute atomic E-state index is 0.790. The lowest BCUT2D eigenvalue weighted by Gasteiger charge is -2.49. The first-order valence-electron chi connectivity index (χ1n) is 8.26. The van der Waals surface area contributed by atoms with Gasteiger partial charge >= 0.3 is 0 Å². The predicted octanol–water partition coefficient (Wildman–Crippen LogP) is 2.35. The van der Waals surface area contributed by atoms with Crippen LogP contribution >= 0.6 is 0 Å². The van der Waals surface area contributed by atoms with Gasteiger partial charge in [-0.3, -0.25) is 9.80 Å². The summed E-state index contributed by atoms with van der Waals surface area (Å²) in [6.07, 6.45) is 9.43. The Balaban J connectivity index is 1.49. The normalized spacial score (nSPS) is 25.8. The molecule has 0 saturated carbocycles. The van der Waals surface area contributed by atoms with Crippen LogP contribution in [-0.4, -0.2) is 51.1 Å². The van der Waals surface area contributed by atoms with Gasteiger partial charge in [-0.2, -0.15) is 0 Å². The quantitative estimate of drug-likeness (QED) is 0.825. The van der Waals surface area contributed by atoms with Crippen molar-refractivity contribution in [2.45, 2.75) is 64.7 Å². The second-order valence-corrected chi connectivity index (χ2v) is 6.47. The first-order valence-corrected chi connectivity index (χ1v) is 8.26. The van der Waals surface area contributed by atoms with Gasteiger partial charge in [0.25, 0.3) is 0 Å². The van der Waals surface area contributed by atoms with Crippen molar-refractivity contribution in [3.63, 3.8) is 0 Å². The molecule has 2 saturated heterocycles. The fourth-order valence-corrected chi connectivity index (χ4v) is 3.68. The molecule has 2 aliphatic rings. The first kappa shape index (κ1) is 14.1. The number of aryl methyl sites for hydroxylation is 1. The minimum atomic E-state index is 0.790. The summed E-state index contributed by atoms with van der Waals surface area (Å²) in [7, 11) is 0. The molecule has 112 valence electrons. The van der Waals surface area contributed by atoms with Crippen molar-refractivity contribution in [1.82, 2.24) is 19.4 Å². The van der Waals surface area contributed by atoms with Crippen LogP contribution in [0.2, 0.25) is 0 Å². The Morgan fingerprint density at radius 3 is 2.90 bits per heavy atom. The van der Waals surface area contributed by atoms with Gasteiger partial charge in [0, 0.05) is 44.1 Å². The summed E-state index contributed by atoms with van der Waals surface area (Å²) in [5.74, 6) is 1.23. The predicted molar refractivity (Wildman–Crippen MR) is 81.6 cm³/mol. The molecule has 4 heteroatoms. The lowest BCUT2D eigenvalue weighted by Crippen LogP contribution is -2.61. The summed E-state index contributed by atoms with van der Waals surface area (Å²) >= 11 is 0. The Bertz CT molecular complexity index is 422. The second kappa shape index (κ2) is 6.27. The van der Waals surface area contributed by atoms with Crippen molar-refractivity contribution < 1.29 is 0 Å². The third-order valence-corrected chi connectivity index (χ3v) is 4.89. The van der Waals surface area contributed by atoms with E-state index in [9.17, 15) is 0 Å². The van der Waals surface area contributed by atoms with Gasteiger partial charge < -0.3 is 4.57 Å². The summed E-state index contributed by atoms with van der Waals surface area (Å²) in [5.41, 5.74) is 0. The average molecular weight is 276 g/mol. The van der Waals surface area contributed by atoms with E-state index < -0.39 is 0 Å². The number of rotatable bonds is 5. The van der Waals surface area contributed by atoms with Gasteiger partial charge in [-0.05, 0) is 32.7 Å². The summed E-state index contributed by atoms with van der Waals surface area (Å²) in [4.78, 5) is 9.79. The maximum Gasteiger partial charge on any atom is 0.122 e. The van der Waals surface area contributed by atoms with Gasteiger partial charge in [0.1, 0.15) is 5.82 Å². The van der Waals surface area contributed by atoms with E-state index in [0.29, 0.717) is 0 Å². The van der Waals surface area contributed by atoms with Crippen LogP contribution in [0.1, 0.15) is 45.4 Å². The molecule has 2 aliphatic heterocycles. The topological polar surface area (TPSA) is 24.3 Å². The smallest absolute Gasteiger partial charge is 0.122 e. The van der Waals surface area contributed by atoms with Gasteiger partial charge in [-0.1, -0.05) is 13.3 Å². The molecule has 2 fully saturated rings. The van der Waals surface area contributed by atoms with Crippen molar-refractivity contribution in [1.29, 1.82) is 0 Å². The highest BCUT2D eigenvalue weighted by Gasteiger charge is 2.35. The fraction of sp³-hybridized carbons (Fsp3) is 0.812. The number of hydrogen-bond acceptors (Lipinski definition) is 3. The lowest BCUT2D eigenvalue weighted by atomic mass is 9.97. The molecule has 1 atom stereocenters. The van der Waals surface area contributed by atoms with Crippen LogP contribution in [0.5, 0.6) is 0 Å². The highest BCUT2D eigenvalue weighted by atomic mass is 15.3. The Morgan fingerprint density at radius 2 is 2.15 bits per heavy atom. The largest absolute Gasteiger partial charge is 0.334 e. The van der Waals surface area contributed by atoms with Gasteiger partial charge in [-0.25, -0.2) is 4.98 Å². The molecule has 0 aromatic carbocycles. The van der Waals surface area contributed by atoms with Crippen molar-refractivity contribution in [3.8, 4) is 0 Å². The van der Waals surface area contributed by atoms with E-state index in [1.54, 1.807) is 0 Å². The van der Waals surface area contributed by atoms with Crippen molar-refractivity contribution >= 4 is 0 Å². The third-order valence-electron chi connectivity index (χ3n) is 4.89. The number of likely N-dealkylation sites (tertiary alicyclic amines) is 2. The molecule has 0 amide bonds. The monoisotopic (exact) mass is 276 g/mol. The molecular weight excluding hydrogens is 248 g/mol. The summed E-state index contributed by atoms with van der Waals surface area (Å²) < 4.78 is 2.30. The Labute approximate surface area is 122 Å². The van der Waals surface area contributed by atoms with E-state index in [2.05, 4.69) is 39.4 Å². The molecule has 0 radical (unpaired) electrons. The Hall–Kier alpha value is -0.870. The van der Waals surface area contributed by atoms with E-state index in [1.165, 1.54) is 51.1 Å². The molecular formula is C16H28N4. The van der Waals surface area contributed by atoms with Crippen molar-refractivity contribution in [2.24, 2.45) is 0 Å². The van der Waals surface area contributed by atoms with Crippen LogP contribution in [0, 0.1) is 0 Å². The molecule has 20 heavy (non-hydrogen) atoms. The molecule has 0 unspecified atom stereocenters. The zero-order valence-electron chi connectivity index (χ0n) is 13.0. The van der Waals surface area contributed by atoms with Crippen molar-refractivity contribution in [2.75, 3.05) is 19.6 Å². The lowest BCUT2D eigenvalue weighted by molar-refractivity contribution is -0.00777. The van der Waals surface area contributed by atoms with Gasteiger partial charge in [0.2, 0.25) is 0 Å². The number of aromatic nitrogens is 2. The molecule has 0 aliphatic carbocycles. The standard InChI is InChI=1S/C16H28N4/c1-3-8-19-10-7-17-16(19)13-18-11-15(12-18)20-9-5-4-6-14(20)2/h7,10,14-15H,3-6,8-9,11-13H2,1-2H3/t14-/m1/s1. The maximum absolute atomic E-state index is 4.52. The molecule has 3 heterocycles. The van der Waals surface area contributed by atoms with Crippen LogP contribution in [0.25, 0.3) is 0 Å².